The number of carbonyl (C=O) groups excluding carboxylic acids is 2. The van der Waals surface area contributed by atoms with Crippen molar-refractivity contribution in [1.82, 2.24) is 9.21 Å². The molecule has 1 amide bonds. The molecule has 184 valence electrons. The summed E-state index contributed by atoms with van der Waals surface area (Å²) in [7, 11) is -4.12. The fourth-order valence-corrected chi connectivity index (χ4v) is 5.25. The standard InChI is InChI=1S/C23H27F2N3O5S/c1-3-28(4-2)34(31,32)21-15-17(5-10-20(21)25)23(30)33-16-22(29)27-13-11-26(12-14-27)19-8-6-18(24)7-9-19/h5-10,15H,3-4,11-14,16H2,1-2H3. The maximum Gasteiger partial charge on any atom is 0.338 e. The van der Waals surface area contributed by atoms with Gasteiger partial charge in [-0.2, -0.15) is 4.31 Å². The lowest BCUT2D eigenvalue weighted by Crippen LogP contribution is -2.49. The maximum absolute atomic E-state index is 14.3. The van der Waals surface area contributed by atoms with Crippen LogP contribution in [0.15, 0.2) is 47.4 Å². The molecule has 0 unspecified atom stereocenters. The summed E-state index contributed by atoms with van der Waals surface area (Å²) >= 11 is 0. The molecule has 0 bridgehead atoms. The van der Waals surface area contributed by atoms with Crippen molar-refractivity contribution in [1.29, 1.82) is 0 Å². The zero-order valence-corrected chi connectivity index (χ0v) is 19.9. The maximum atomic E-state index is 14.3. The number of carbonyl (C=O) groups is 2. The Balaban J connectivity index is 1.58. The number of rotatable bonds is 8. The minimum absolute atomic E-state index is 0.149. The molecule has 0 aromatic heterocycles. The molecule has 1 saturated heterocycles. The molecular formula is C23H27F2N3O5S. The van der Waals surface area contributed by atoms with Crippen LogP contribution >= 0.6 is 0 Å². The fourth-order valence-electron chi connectivity index (χ4n) is 3.70. The molecule has 3 rings (SSSR count). The summed E-state index contributed by atoms with van der Waals surface area (Å²) in [5, 5.41) is 0. The van der Waals surface area contributed by atoms with Gasteiger partial charge in [-0.25, -0.2) is 22.0 Å². The monoisotopic (exact) mass is 495 g/mol. The third kappa shape index (κ3) is 5.71. The number of halogens is 2. The molecule has 1 fully saturated rings. The summed E-state index contributed by atoms with van der Waals surface area (Å²) in [6.45, 7) is 4.90. The van der Waals surface area contributed by atoms with Crippen molar-refractivity contribution in [2.45, 2.75) is 18.7 Å². The molecule has 11 heteroatoms. The largest absolute Gasteiger partial charge is 0.452 e. The quantitative estimate of drug-likeness (QED) is 0.523. The van der Waals surface area contributed by atoms with Crippen LogP contribution < -0.4 is 4.90 Å². The first kappa shape index (κ1) is 25.6. The minimum Gasteiger partial charge on any atom is -0.452 e. The Morgan fingerprint density at radius 2 is 1.59 bits per heavy atom. The van der Waals surface area contributed by atoms with E-state index < -0.39 is 39.2 Å². The highest BCUT2D eigenvalue weighted by atomic mass is 32.2. The van der Waals surface area contributed by atoms with Crippen molar-refractivity contribution in [2.24, 2.45) is 0 Å². The van der Waals surface area contributed by atoms with E-state index in [0.29, 0.717) is 26.2 Å². The third-order valence-corrected chi connectivity index (χ3v) is 7.71. The first-order valence-corrected chi connectivity index (χ1v) is 12.4. The van der Waals surface area contributed by atoms with Gasteiger partial charge in [-0.3, -0.25) is 4.79 Å². The molecule has 0 atom stereocenters. The van der Waals surface area contributed by atoms with Gasteiger partial charge in [0.2, 0.25) is 10.0 Å². The molecule has 0 radical (unpaired) electrons. The van der Waals surface area contributed by atoms with Gasteiger partial charge in [-0.05, 0) is 42.5 Å². The summed E-state index contributed by atoms with van der Waals surface area (Å²) in [6.07, 6.45) is 0. The lowest BCUT2D eigenvalue weighted by atomic mass is 10.2. The molecule has 2 aromatic carbocycles. The lowest BCUT2D eigenvalue weighted by molar-refractivity contribution is -0.134. The fraction of sp³-hybridized carbons (Fsp3) is 0.391. The average Bonchev–Trinajstić information content (AvgIpc) is 2.83. The number of benzene rings is 2. The van der Waals surface area contributed by atoms with E-state index in [0.717, 1.165) is 28.2 Å². The normalized spacial score (nSPS) is 14.4. The van der Waals surface area contributed by atoms with Gasteiger partial charge in [0.15, 0.2) is 6.61 Å². The van der Waals surface area contributed by atoms with Crippen LogP contribution in [0.1, 0.15) is 24.2 Å². The van der Waals surface area contributed by atoms with Crippen LogP contribution in [0.3, 0.4) is 0 Å². The van der Waals surface area contributed by atoms with Gasteiger partial charge in [0.1, 0.15) is 16.5 Å². The molecule has 34 heavy (non-hydrogen) atoms. The van der Waals surface area contributed by atoms with Crippen LogP contribution in [-0.4, -0.2) is 75.4 Å². The van der Waals surface area contributed by atoms with Crippen LogP contribution in [0.2, 0.25) is 0 Å². The van der Waals surface area contributed by atoms with Crippen molar-refractivity contribution in [3.8, 4) is 0 Å². The summed E-state index contributed by atoms with van der Waals surface area (Å²) in [6, 6.07) is 9.03. The number of esters is 1. The number of hydrogen-bond acceptors (Lipinski definition) is 6. The van der Waals surface area contributed by atoms with Gasteiger partial charge >= 0.3 is 5.97 Å². The van der Waals surface area contributed by atoms with Crippen LogP contribution in [0.25, 0.3) is 0 Å². The summed E-state index contributed by atoms with van der Waals surface area (Å²) in [5.41, 5.74) is 0.688. The molecule has 0 spiro atoms. The molecule has 0 aliphatic carbocycles. The Kier molecular flexibility index (Phi) is 8.21. The molecular weight excluding hydrogens is 468 g/mol. The predicted octanol–water partition coefficient (Wildman–Crippen LogP) is 2.50. The number of nitrogens with zero attached hydrogens (tertiary/aromatic N) is 3. The topological polar surface area (TPSA) is 87.2 Å². The summed E-state index contributed by atoms with van der Waals surface area (Å²) in [4.78, 5) is 27.9. The van der Waals surface area contributed by atoms with Gasteiger partial charge in [0, 0.05) is 45.0 Å². The highest BCUT2D eigenvalue weighted by Gasteiger charge is 2.27. The van der Waals surface area contributed by atoms with E-state index in [-0.39, 0.29) is 24.5 Å². The van der Waals surface area contributed by atoms with E-state index in [9.17, 15) is 26.8 Å². The van der Waals surface area contributed by atoms with Crippen molar-refractivity contribution in [3.63, 3.8) is 0 Å². The number of anilines is 1. The first-order valence-electron chi connectivity index (χ1n) is 10.9. The van der Waals surface area contributed by atoms with E-state index in [1.807, 2.05) is 4.90 Å². The van der Waals surface area contributed by atoms with Crippen LogP contribution in [0, 0.1) is 11.6 Å². The van der Waals surface area contributed by atoms with E-state index in [1.54, 1.807) is 30.9 Å². The van der Waals surface area contributed by atoms with Crippen LogP contribution in [0.5, 0.6) is 0 Å². The number of amides is 1. The Hall–Kier alpha value is -3.05. The van der Waals surface area contributed by atoms with Gasteiger partial charge < -0.3 is 14.5 Å². The van der Waals surface area contributed by atoms with E-state index >= 15 is 0 Å². The molecule has 8 nitrogen and oxygen atoms in total. The number of sulfonamides is 1. The SMILES string of the molecule is CCN(CC)S(=O)(=O)c1cc(C(=O)OCC(=O)N2CCN(c3ccc(F)cc3)CC2)ccc1F. The summed E-state index contributed by atoms with van der Waals surface area (Å²) in [5.74, 6) is -2.61. The second-order valence-electron chi connectivity index (χ2n) is 7.65. The van der Waals surface area contributed by atoms with Crippen molar-refractivity contribution in [3.05, 3.63) is 59.7 Å². The zero-order valence-electron chi connectivity index (χ0n) is 19.0. The van der Waals surface area contributed by atoms with E-state index in [4.69, 9.17) is 4.74 Å². The Morgan fingerprint density at radius 3 is 2.18 bits per heavy atom. The minimum atomic E-state index is -4.12. The number of ether oxygens (including phenoxy) is 1. The Bertz CT molecular complexity index is 1130. The van der Waals surface area contributed by atoms with Crippen LogP contribution in [0.4, 0.5) is 14.5 Å². The number of hydrogen-bond donors (Lipinski definition) is 0. The molecule has 0 saturated carbocycles. The molecule has 2 aromatic rings. The highest BCUT2D eigenvalue weighted by Crippen LogP contribution is 2.21. The van der Waals surface area contributed by atoms with Crippen molar-refractivity contribution < 1.29 is 31.5 Å². The van der Waals surface area contributed by atoms with Gasteiger partial charge in [0.05, 0.1) is 5.56 Å². The zero-order chi connectivity index (χ0) is 24.9. The first-order chi connectivity index (χ1) is 16.2. The highest BCUT2D eigenvalue weighted by molar-refractivity contribution is 7.89. The van der Waals surface area contributed by atoms with Crippen molar-refractivity contribution in [2.75, 3.05) is 50.8 Å². The lowest BCUT2D eigenvalue weighted by Gasteiger charge is -2.36. The third-order valence-electron chi connectivity index (χ3n) is 5.64. The average molecular weight is 496 g/mol. The Morgan fingerprint density at radius 1 is 0.971 bits per heavy atom. The van der Waals surface area contributed by atoms with E-state index in [2.05, 4.69) is 0 Å². The van der Waals surface area contributed by atoms with Gasteiger partial charge in [-0.15, -0.1) is 0 Å². The molecule has 1 heterocycles. The second kappa shape index (κ2) is 10.9. The molecule has 1 aliphatic rings. The van der Waals surface area contributed by atoms with Gasteiger partial charge in [0.25, 0.3) is 5.91 Å². The smallest absolute Gasteiger partial charge is 0.338 e. The van der Waals surface area contributed by atoms with Gasteiger partial charge in [-0.1, -0.05) is 13.8 Å². The van der Waals surface area contributed by atoms with E-state index in [1.165, 1.54) is 12.1 Å². The second-order valence-corrected chi connectivity index (χ2v) is 9.56. The number of piperazine rings is 1. The predicted molar refractivity (Wildman–Crippen MR) is 122 cm³/mol. The van der Waals surface area contributed by atoms with Crippen molar-refractivity contribution >= 4 is 27.6 Å². The molecule has 0 N–H and O–H groups in total. The van der Waals surface area contributed by atoms with Crippen LogP contribution in [-0.2, 0) is 19.6 Å². The summed E-state index contributed by atoms with van der Waals surface area (Å²) < 4.78 is 58.8. The molecule has 1 aliphatic heterocycles. The Labute approximate surface area is 197 Å².